The van der Waals surface area contributed by atoms with E-state index in [4.69, 9.17) is 0 Å². The lowest BCUT2D eigenvalue weighted by molar-refractivity contribution is -0.121. The Morgan fingerprint density at radius 3 is 2.89 bits per heavy atom. The molecule has 5 heteroatoms. The molecule has 1 aromatic carbocycles. The average Bonchev–Trinajstić information content (AvgIpc) is 2.39. The Bertz CT molecular complexity index is 487. The van der Waals surface area contributed by atoms with Crippen molar-refractivity contribution in [1.29, 1.82) is 0 Å². The molecule has 1 aromatic rings. The predicted octanol–water partition coefficient (Wildman–Crippen LogP) is 0.731. The third kappa shape index (κ3) is 3.39. The zero-order valence-electron chi connectivity index (χ0n) is 11.3. The smallest absolute Gasteiger partial charge is 0.243 e. The van der Waals surface area contributed by atoms with E-state index in [-0.39, 0.29) is 17.7 Å². The van der Waals surface area contributed by atoms with Gasteiger partial charge in [0.2, 0.25) is 5.91 Å². The maximum atomic E-state index is 12.2. The summed E-state index contributed by atoms with van der Waals surface area (Å²) in [4.78, 5) is 25.5. The second-order valence-corrected chi connectivity index (χ2v) is 4.83. The molecule has 1 atom stereocenters. The minimum Gasteiger partial charge on any atom is -0.325 e. The summed E-state index contributed by atoms with van der Waals surface area (Å²) in [6, 6.07) is 6.84. The molecule has 102 valence electrons. The highest BCUT2D eigenvalue weighted by Crippen LogP contribution is 2.12. The Labute approximate surface area is 113 Å². The van der Waals surface area contributed by atoms with Gasteiger partial charge in [-0.15, -0.1) is 0 Å². The Balaban J connectivity index is 2.06. The van der Waals surface area contributed by atoms with Crippen LogP contribution in [0.4, 0.5) is 5.69 Å². The fraction of sp³-hybridized carbons (Fsp3) is 0.429. The van der Waals surface area contributed by atoms with E-state index < -0.39 is 0 Å². The highest BCUT2D eigenvalue weighted by atomic mass is 16.2. The van der Waals surface area contributed by atoms with E-state index in [0.717, 1.165) is 13.1 Å². The first-order valence-corrected chi connectivity index (χ1v) is 6.41. The lowest BCUT2D eigenvalue weighted by Gasteiger charge is -2.31. The molecule has 1 heterocycles. The summed E-state index contributed by atoms with van der Waals surface area (Å²) in [6.45, 7) is 3.92. The summed E-state index contributed by atoms with van der Waals surface area (Å²) in [5.41, 5.74) is 1.27. The van der Waals surface area contributed by atoms with Crippen LogP contribution in [-0.2, 0) is 4.79 Å². The largest absolute Gasteiger partial charge is 0.325 e. The van der Waals surface area contributed by atoms with Crippen LogP contribution in [0.5, 0.6) is 0 Å². The predicted molar refractivity (Wildman–Crippen MR) is 74.4 cm³/mol. The molecule has 0 aromatic heterocycles. The molecule has 0 aliphatic carbocycles. The van der Waals surface area contributed by atoms with E-state index in [0.29, 0.717) is 17.8 Å². The van der Waals surface area contributed by atoms with Gasteiger partial charge in [-0.05, 0) is 26.1 Å². The molecule has 0 spiro atoms. The highest BCUT2D eigenvalue weighted by Gasteiger charge is 2.25. The number of ketones is 1. The molecule has 1 aliphatic rings. The van der Waals surface area contributed by atoms with Crippen LogP contribution < -0.4 is 10.6 Å². The van der Waals surface area contributed by atoms with E-state index in [1.807, 2.05) is 11.9 Å². The van der Waals surface area contributed by atoms with Crippen LogP contribution in [0.3, 0.4) is 0 Å². The molecule has 19 heavy (non-hydrogen) atoms. The molecule has 2 rings (SSSR count). The van der Waals surface area contributed by atoms with Gasteiger partial charge in [0.1, 0.15) is 6.04 Å². The maximum Gasteiger partial charge on any atom is 0.243 e. The maximum absolute atomic E-state index is 12.2. The first-order chi connectivity index (χ1) is 9.08. The number of amides is 1. The van der Waals surface area contributed by atoms with E-state index in [1.54, 1.807) is 24.3 Å². The van der Waals surface area contributed by atoms with Crippen molar-refractivity contribution in [3.8, 4) is 0 Å². The van der Waals surface area contributed by atoms with Gasteiger partial charge >= 0.3 is 0 Å². The van der Waals surface area contributed by atoms with Gasteiger partial charge in [0.25, 0.3) is 0 Å². The number of carbonyl (C=O) groups excluding carboxylic acids is 2. The van der Waals surface area contributed by atoms with E-state index in [2.05, 4.69) is 10.6 Å². The first kappa shape index (κ1) is 13.7. The number of benzene rings is 1. The molecule has 1 fully saturated rings. The Hall–Kier alpha value is -1.72. The van der Waals surface area contributed by atoms with Crippen molar-refractivity contribution in [2.75, 3.05) is 32.0 Å². The fourth-order valence-corrected chi connectivity index (χ4v) is 2.14. The number of rotatable bonds is 3. The number of hydrogen-bond donors (Lipinski definition) is 2. The molecule has 0 radical (unpaired) electrons. The van der Waals surface area contributed by atoms with Gasteiger partial charge in [0.15, 0.2) is 5.78 Å². The normalized spacial score (nSPS) is 20.0. The SMILES string of the molecule is CC(=O)c1cccc(NC(=O)C2CNCCN2C)c1. The van der Waals surface area contributed by atoms with Crippen LogP contribution in [-0.4, -0.2) is 49.3 Å². The number of nitrogens with zero attached hydrogens (tertiary/aromatic N) is 1. The Morgan fingerprint density at radius 1 is 1.42 bits per heavy atom. The highest BCUT2D eigenvalue weighted by molar-refractivity contribution is 5.98. The van der Waals surface area contributed by atoms with Crippen molar-refractivity contribution < 1.29 is 9.59 Å². The molecule has 1 aliphatic heterocycles. The van der Waals surface area contributed by atoms with Gasteiger partial charge in [0, 0.05) is 30.9 Å². The number of Topliss-reactive ketones (excluding diaryl/α,β-unsaturated/α-hetero) is 1. The van der Waals surface area contributed by atoms with Crippen LogP contribution in [0.1, 0.15) is 17.3 Å². The van der Waals surface area contributed by atoms with E-state index in [9.17, 15) is 9.59 Å². The number of hydrogen-bond acceptors (Lipinski definition) is 4. The van der Waals surface area contributed by atoms with Crippen LogP contribution in [0, 0.1) is 0 Å². The number of carbonyl (C=O) groups is 2. The van der Waals surface area contributed by atoms with Crippen molar-refractivity contribution in [2.45, 2.75) is 13.0 Å². The second-order valence-electron chi connectivity index (χ2n) is 4.83. The summed E-state index contributed by atoms with van der Waals surface area (Å²) < 4.78 is 0. The van der Waals surface area contributed by atoms with Crippen molar-refractivity contribution >= 4 is 17.4 Å². The van der Waals surface area contributed by atoms with E-state index in [1.165, 1.54) is 6.92 Å². The summed E-state index contributed by atoms with van der Waals surface area (Å²) in [5.74, 6) is -0.0528. The molecular weight excluding hydrogens is 242 g/mol. The quantitative estimate of drug-likeness (QED) is 0.788. The molecule has 5 nitrogen and oxygen atoms in total. The Kier molecular flexibility index (Phi) is 4.29. The van der Waals surface area contributed by atoms with Crippen molar-refractivity contribution in [3.63, 3.8) is 0 Å². The van der Waals surface area contributed by atoms with Crippen LogP contribution in [0.15, 0.2) is 24.3 Å². The standard InChI is InChI=1S/C14H19N3O2/c1-10(18)11-4-3-5-12(8-11)16-14(19)13-9-15-6-7-17(13)2/h3-5,8,13,15H,6-7,9H2,1-2H3,(H,16,19). The molecule has 0 saturated carbocycles. The minimum absolute atomic E-state index is 0.00690. The summed E-state index contributed by atoms with van der Waals surface area (Å²) >= 11 is 0. The van der Waals surface area contributed by atoms with Crippen LogP contribution in [0.2, 0.25) is 0 Å². The monoisotopic (exact) mass is 261 g/mol. The van der Waals surface area contributed by atoms with Gasteiger partial charge in [-0.25, -0.2) is 0 Å². The lowest BCUT2D eigenvalue weighted by atomic mass is 10.1. The van der Waals surface area contributed by atoms with Crippen LogP contribution in [0.25, 0.3) is 0 Å². The molecule has 1 amide bonds. The Morgan fingerprint density at radius 2 is 2.21 bits per heavy atom. The second kappa shape index (κ2) is 5.95. The van der Waals surface area contributed by atoms with Gasteiger partial charge < -0.3 is 10.6 Å². The summed E-state index contributed by atoms with van der Waals surface area (Å²) in [6.07, 6.45) is 0. The van der Waals surface area contributed by atoms with Crippen LogP contribution >= 0.6 is 0 Å². The number of piperazine rings is 1. The van der Waals surface area contributed by atoms with Gasteiger partial charge in [-0.3, -0.25) is 14.5 Å². The average molecular weight is 261 g/mol. The summed E-state index contributed by atoms with van der Waals surface area (Å²) in [5, 5.41) is 6.07. The minimum atomic E-state index is -0.172. The van der Waals surface area contributed by atoms with Crippen molar-refractivity contribution in [1.82, 2.24) is 10.2 Å². The third-order valence-electron chi connectivity index (χ3n) is 3.35. The number of anilines is 1. The molecular formula is C14H19N3O2. The first-order valence-electron chi connectivity index (χ1n) is 6.41. The van der Waals surface area contributed by atoms with Gasteiger partial charge in [-0.2, -0.15) is 0 Å². The lowest BCUT2D eigenvalue weighted by Crippen LogP contribution is -2.54. The fourth-order valence-electron chi connectivity index (χ4n) is 2.14. The van der Waals surface area contributed by atoms with Gasteiger partial charge in [0.05, 0.1) is 0 Å². The molecule has 1 unspecified atom stereocenters. The van der Waals surface area contributed by atoms with Gasteiger partial charge in [-0.1, -0.05) is 12.1 Å². The van der Waals surface area contributed by atoms with E-state index >= 15 is 0 Å². The zero-order chi connectivity index (χ0) is 13.8. The molecule has 2 N–H and O–H groups in total. The summed E-state index contributed by atoms with van der Waals surface area (Å²) in [7, 11) is 1.94. The zero-order valence-corrected chi connectivity index (χ0v) is 11.3. The molecule has 0 bridgehead atoms. The van der Waals surface area contributed by atoms with Crippen molar-refractivity contribution in [2.24, 2.45) is 0 Å². The topological polar surface area (TPSA) is 61.4 Å². The third-order valence-corrected chi connectivity index (χ3v) is 3.35. The van der Waals surface area contributed by atoms with Crippen molar-refractivity contribution in [3.05, 3.63) is 29.8 Å². The number of likely N-dealkylation sites (N-methyl/N-ethyl adjacent to an activating group) is 1. The molecule has 1 saturated heterocycles. The number of nitrogens with one attached hydrogen (secondary N) is 2.